The lowest BCUT2D eigenvalue weighted by atomic mass is 9.93. The van der Waals surface area contributed by atoms with Crippen molar-refractivity contribution in [2.75, 3.05) is 0 Å². The van der Waals surface area contributed by atoms with E-state index in [0.717, 1.165) is 51.4 Å². The molecule has 1 saturated heterocycles. The van der Waals surface area contributed by atoms with E-state index >= 15 is 0 Å². The minimum Gasteiger partial charge on any atom is -0.274 e. The third kappa shape index (κ3) is 3.03. The predicted molar refractivity (Wildman–Crippen MR) is 82.1 cm³/mol. The molecule has 1 heterocycles. The number of amides is 4. The van der Waals surface area contributed by atoms with Crippen molar-refractivity contribution < 1.29 is 14.4 Å². The highest BCUT2D eigenvalue weighted by Gasteiger charge is 2.41. The topological polar surface area (TPSA) is 57.7 Å². The van der Waals surface area contributed by atoms with E-state index in [1.54, 1.807) is 0 Å². The van der Waals surface area contributed by atoms with Crippen molar-refractivity contribution >= 4 is 17.8 Å². The second-order valence-electron chi connectivity index (χ2n) is 6.89. The van der Waals surface area contributed by atoms with Crippen molar-refractivity contribution in [2.24, 2.45) is 0 Å². The predicted octanol–water partition coefficient (Wildman–Crippen LogP) is 3.22. The van der Waals surface area contributed by atoms with Gasteiger partial charge in [-0.2, -0.15) is 0 Å². The molecule has 5 heteroatoms. The van der Waals surface area contributed by atoms with Gasteiger partial charge >= 0.3 is 6.03 Å². The average Bonchev–Trinajstić information content (AvgIpc) is 2.65. The number of rotatable bonds is 2. The minimum atomic E-state index is -0.327. The third-order valence-corrected chi connectivity index (χ3v) is 5.38. The molecule has 0 aromatic carbocycles. The lowest BCUT2D eigenvalue weighted by Gasteiger charge is -2.37. The van der Waals surface area contributed by atoms with Crippen LogP contribution in [0.1, 0.15) is 77.0 Å². The largest absolute Gasteiger partial charge is 0.333 e. The molecule has 0 atom stereocenters. The molecule has 3 fully saturated rings. The fourth-order valence-electron chi connectivity index (χ4n) is 4.18. The summed E-state index contributed by atoms with van der Waals surface area (Å²) in [5.74, 6) is -0.299. The molecule has 22 heavy (non-hydrogen) atoms. The quantitative estimate of drug-likeness (QED) is 0.787. The van der Waals surface area contributed by atoms with Gasteiger partial charge in [0.25, 0.3) is 0 Å². The molecule has 0 unspecified atom stereocenters. The standard InChI is InChI=1S/C17H26N2O3/c20-15-11-12-16(21)19(14-9-5-2-6-10-14)17(22)18(15)13-7-3-1-4-8-13/h13-14H,1-12H2. The Morgan fingerprint density at radius 2 is 0.955 bits per heavy atom. The number of imide groups is 2. The second kappa shape index (κ2) is 6.80. The Kier molecular flexibility index (Phi) is 4.79. The van der Waals surface area contributed by atoms with Gasteiger partial charge < -0.3 is 0 Å². The molecule has 0 aromatic heterocycles. The Labute approximate surface area is 132 Å². The number of hydrogen-bond acceptors (Lipinski definition) is 3. The SMILES string of the molecule is O=C1CCC(=O)N(C2CCCCC2)C(=O)N1C1CCCCC1. The normalized spacial score (nSPS) is 26.5. The Balaban J connectivity index is 1.83. The molecule has 1 aliphatic heterocycles. The molecule has 122 valence electrons. The maximum Gasteiger partial charge on any atom is 0.333 e. The molecule has 0 aromatic rings. The van der Waals surface area contributed by atoms with Gasteiger partial charge in [0.2, 0.25) is 11.8 Å². The molecule has 0 N–H and O–H groups in total. The first kappa shape index (κ1) is 15.5. The van der Waals surface area contributed by atoms with Crippen LogP contribution in [0.4, 0.5) is 4.79 Å². The lowest BCUT2D eigenvalue weighted by Crippen LogP contribution is -2.54. The Hall–Kier alpha value is -1.39. The van der Waals surface area contributed by atoms with Crippen LogP contribution >= 0.6 is 0 Å². The zero-order valence-corrected chi connectivity index (χ0v) is 13.3. The van der Waals surface area contributed by atoms with E-state index in [4.69, 9.17) is 0 Å². The molecular weight excluding hydrogens is 280 g/mol. The van der Waals surface area contributed by atoms with Crippen LogP contribution < -0.4 is 0 Å². The minimum absolute atomic E-state index is 0.00532. The van der Waals surface area contributed by atoms with E-state index in [9.17, 15) is 14.4 Å². The summed E-state index contributed by atoms with van der Waals surface area (Å²) in [5, 5.41) is 0. The molecule has 2 aliphatic carbocycles. The summed E-state index contributed by atoms with van der Waals surface area (Å²) in [7, 11) is 0. The van der Waals surface area contributed by atoms with Crippen LogP contribution in [0.15, 0.2) is 0 Å². The number of urea groups is 1. The highest BCUT2D eigenvalue weighted by atomic mass is 16.2. The molecular formula is C17H26N2O3. The Morgan fingerprint density at radius 3 is 1.32 bits per heavy atom. The average molecular weight is 306 g/mol. The summed E-state index contributed by atoms with van der Waals surface area (Å²) < 4.78 is 0. The molecule has 3 aliphatic rings. The van der Waals surface area contributed by atoms with Gasteiger partial charge in [-0.1, -0.05) is 38.5 Å². The van der Waals surface area contributed by atoms with Crippen LogP contribution in [-0.2, 0) is 9.59 Å². The van der Waals surface area contributed by atoms with Crippen LogP contribution in [0.3, 0.4) is 0 Å². The zero-order chi connectivity index (χ0) is 15.5. The number of hydrogen-bond donors (Lipinski definition) is 0. The van der Waals surface area contributed by atoms with Crippen LogP contribution in [0.2, 0.25) is 0 Å². The van der Waals surface area contributed by atoms with Gasteiger partial charge in [0.15, 0.2) is 0 Å². The fraction of sp³-hybridized carbons (Fsp3) is 0.824. The van der Waals surface area contributed by atoms with Gasteiger partial charge in [-0.3, -0.25) is 19.4 Å². The summed E-state index contributed by atoms with van der Waals surface area (Å²) in [6, 6.07) is -0.317. The van der Waals surface area contributed by atoms with E-state index in [0.29, 0.717) is 0 Å². The van der Waals surface area contributed by atoms with Gasteiger partial charge in [0.05, 0.1) is 0 Å². The first-order valence-electron chi connectivity index (χ1n) is 8.86. The van der Waals surface area contributed by atoms with E-state index in [2.05, 4.69) is 0 Å². The fourth-order valence-corrected chi connectivity index (χ4v) is 4.18. The van der Waals surface area contributed by atoms with Crippen LogP contribution in [-0.4, -0.2) is 39.7 Å². The van der Waals surface area contributed by atoms with Gasteiger partial charge in [0.1, 0.15) is 0 Å². The summed E-state index contributed by atoms with van der Waals surface area (Å²) >= 11 is 0. The lowest BCUT2D eigenvalue weighted by molar-refractivity contribution is -0.131. The first-order valence-corrected chi connectivity index (χ1v) is 8.86. The molecule has 5 nitrogen and oxygen atoms in total. The number of carbonyl (C=O) groups is 3. The molecule has 4 amide bonds. The molecule has 2 saturated carbocycles. The second-order valence-corrected chi connectivity index (χ2v) is 6.89. The summed E-state index contributed by atoms with van der Waals surface area (Å²) in [6.07, 6.45) is 10.6. The maximum atomic E-state index is 13.0. The molecule has 3 rings (SSSR count). The van der Waals surface area contributed by atoms with E-state index in [-0.39, 0.29) is 42.8 Å². The van der Waals surface area contributed by atoms with Gasteiger partial charge in [-0.05, 0) is 25.7 Å². The van der Waals surface area contributed by atoms with Crippen molar-refractivity contribution in [1.29, 1.82) is 0 Å². The summed E-state index contributed by atoms with van der Waals surface area (Å²) in [6.45, 7) is 0. The van der Waals surface area contributed by atoms with E-state index in [1.807, 2.05) is 0 Å². The highest BCUT2D eigenvalue weighted by molar-refractivity contribution is 6.06. The smallest absolute Gasteiger partial charge is 0.274 e. The van der Waals surface area contributed by atoms with Crippen molar-refractivity contribution in [2.45, 2.75) is 89.1 Å². The van der Waals surface area contributed by atoms with E-state index in [1.165, 1.54) is 22.6 Å². The molecule has 0 bridgehead atoms. The Morgan fingerprint density at radius 1 is 0.591 bits per heavy atom. The maximum absolute atomic E-state index is 13.0. The summed E-state index contributed by atoms with van der Waals surface area (Å²) in [4.78, 5) is 40.7. The third-order valence-electron chi connectivity index (χ3n) is 5.38. The monoisotopic (exact) mass is 306 g/mol. The van der Waals surface area contributed by atoms with Crippen molar-refractivity contribution in [3.8, 4) is 0 Å². The van der Waals surface area contributed by atoms with E-state index < -0.39 is 0 Å². The van der Waals surface area contributed by atoms with Crippen LogP contribution in [0, 0.1) is 0 Å². The first-order chi connectivity index (χ1) is 10.7. The summed E-state index contributed by atoms with van der Waals surface area (Å²) in [5.41, 5.74) is 0. The Bertz CT molecular complexity index is 411. The van der Waals surface area contributed by atoms with Gasteiger partial charge in [-0.15, -0.1) is 0 Å². The highest BCUT2D eigenvalue weighted by Crippen LogP contribution is 2.30. The van der Waals surface area contributed by atoms with Crippen molar-refractivity contribution in [3.63, 3.8) is 0 Å². The number of nitrogens with zero attached hydrogens (tertiary/aromatic N) is 2. The van der Waals surface area contributed by atoms with Crippen molar-refractivity contribution in [3.05, 3.63) is 0 Å². The van der Waals surface area contributed by atoms with Crippen LogP contribution in [0.25, 0.3) is 0 Å². The zero-order valence-electron chi connectivity index (χ0n) is 13.3. The van der Waals surface area contributed by atoms with Gasteiger partial charge in [0, 0.05) is 24.9 Å². The van der Waals surface area contributed by atoms with Crippen molar-refractivity contribution in [1.82, 2.24) is 9.80 Å². The number of carbonyl (C=O) groups excluding carboxylic acids is 3. The molecule has 0 radical (unpaired) electrons. The van der Waals surface area contributed by atoms with Gasteiger partial charge in [-0.25, -0.2) is 4.79 Å². The van der Waals surface area contributed by atoms with Crippen LogP contribution in [0.5, 0.6) is 0 Å². The molecule has 0 spiro atoms.